The van der Waals surface area contributed by atoms with Crippen molar-refractivity contribution in [3.63, 3.8) is 0 Å². The Morgan fingerprint density at radius 2 is 0.846 bits per heavy atom. The van der Waals surface area contributed by atoms with Crippen LogP contribution in [0, 0.1) is 28.2 Å². The Labute approximate surface area is 467 Å². The third kappa shape index (κ3) is 14.0. The topological polar surface area (TPSA) is 256 Å². The normalized spacial score (nSPS) is 16.0. The van der Waals surface area contributed by atoms with Crippen molar-refractivity contribution in [1.29, 1.82) is 0 Å². The van der Waals surface area contributed by atoms with E-state index in [9.17, 15) is 48.4 Å². The first kappa shape index (κ1) is 64.5. The van der Waals surface area contributed by atoms with E-state index in [-0.39, 0.29) is 99.8 Å². The van der Waals surface area contributed by atoms with E-state index >= 15 is 0 Å². The quantitative estimate of drug-likeness (QED) is 0.0315. The standard InChI is InChI=1S/C21H23N3O4.C19H18N2O5.C14H17N3O4.CH4.CH3.Pd/c1-4-23(5-2)20(26)17-18-16(12-11-14(3)22-18)19(25)24(21(17)27)28-13-15-9-7-6-8-10-15;1-3-25-19(24)15-16-14(10-9-12(2)20-16)17(22)21(18(15)23)26-11-13-7-5-4-6-8-13;1-4-16(5-2)13(19)10-11-9(7-6-8(3)15-11)12(18)17(21)14(10)20;;;/h6-12,17H,4-5,13H2,1-3H3;4-10,15H,3,11H2,1-2H3;6-7,10,21H,4-5H2,1-3H3;1H4;1H3;/q;;;;-1;. The average molecular weight is 1160 g/mol. The van der Waals surface area contributed by atoms with Gasteiger partial charge in [0, 0.05) is 63.7 Å². The number of hydroxylamine groups is 6. The van der Waals surface area contributed by atoms with Crippen molar-refractivity contribution >= 4 is 53.2 Å². The molecule has 0 fully saturated rings. The van der Waals surface area contributed by atoms with E-state index in [1.165, 1.54) is 17.0 Å². The Morgan fingerprint density at radius 3 is 1.21 bits per heavy atom. The number of rotatable bonds is 14. The number of hydrogen-bond acceptors (Lipinski definition) is 16. The van der Waals surface area contributed by atoms with Crippen LogP contribution >= 0.6 is 0 Å². The number of nitrogens with zero attached hydrogens (tertiary/aromatic N) is 8. The average Bonchev–Trinajstić information content (AvgIpc) is 3.39. The van der Waals surface area contributed by atoms with Gasteiger partial charge < -0.3 is 22.0 Å². The zero-order chi connectivity index (χ0) is 54.7. The van der Waals surface area contributed by atoms with Gasteiger partial charge in [-0.05, 0) is 103 Å². The molecule has 6 heterocycles. The van der Waals surface area contributed by atoms with Gasteiger partial charge in [0.2, 0.25) is 11.8 Å². The van der Waals surface area contributed by atoms with Gasteiger partial charge in [-0.1, -0.05) is 68.1 Å². The van der Waals surface area contributed by atoms with Gasteiger partial charge in [-0.15, -0.1) is 10.1 Å². The van der Waals surface area contributed by atoms with E-state index in [1.807, 2.05) is 62.4 Å². The molecule has 0 bridgehead atoms. The van der Waals surface area contributed by atoms with Crippen molar-refractivity contribution in [2.75, 3.05) is 32.8 Å². The number of carbonyl (C=O) groups excluding carboxylic acids is 9. The van der Waals surface area contributed by atoms with Gasteiger partial charge in [0.05, 0.1) is 40.4 Å². The third-order valence-electron chi connectivity index (χ3n) is 12.2. The van der Waals surface area contributed by atoms with Gasteiger partial charge in [0.25, 0.3) is 35.4 Å². The van der Waals surface area contributed by atoms with E-state index in [0.29, 0.717) is 53.4 Å². The van der Waals surface area contributed by atoms with Crippen molar-refractivity contribution in [2.24, 2.45) is 0 Å². The minimum Gasteiger partial charge on any atom is -0.465 e. The van der Waals surface area contributed by atoms with Gasteiger partial charge >= 0.3 is 5.97 Å². The summed E-state index contributed by atoms with van der Waals surface area (Å²) in [6.45, 7) is 16.0. The number of aryl methyl sites for hydroxylation is 3. The largest absolute Gasteiger partial charge is 0.465 e. The van der Waals surface area contributed by atoms with E-state index in [1.54, 1.807) is 82.8 Å². The van der Waals surface area contributed by atoms with Gasteiger partial charge in [-0.3, -0.25) is 73.0 Å². The van der Waals surface area contributed by atoms with Crippen LogP contribution in [0.15, 0.2) is 97.1 Å². The molecule has 21 nitrogen and oxygen atoms in total. The Hall–Kier alpha value is -7.74. The van der Waals surface area contributed by atoms with Crippen LogP contribution in [-0.4, -0.2) is 131 Å². The van der Waals surface area contributed by atoms with Crippen LogP contribution in [0.25, 0.3) is 0 Å². The number of imide groups is 3. The summed E-state index contributed by atoms with van der Waals surface area (Å²) in [4.78, 5) is 140. The molecular weight excluding hydrogens is 1100 g/mol. The Balaban J connectivity index is 0.000000305. The second-order valence-electron chi connectivity index (χ2n) is 17.1. The summed E-state index contributed by atoms with van der Waals surface area (Å²) in [5, 5.41) is 11.0. The molecule has 2 aromatic carbocycles. The minimum absolute atomic E-state index is 0. The molecule has 0 aliphatic carbocycles. The fourth-order valence-corrected chi connectivity index (χ4v) is 8.26. The third-order valence-corrected chi connectivity index (χ3v) is 12.2. The van der Waals surface area contributed by atoms with Crippen molar-refractivity contribution in [1.82, 2.24) is 39.9 Å². The number of hydrogen-bond donors (Lipinski definition) is 1. The van der Waals surface area contributed by atoms with Crippen molar-refractivity contribution in [3.05, 3.63) is 166 Å². The predicted octanol–water partition coefficient (Wildman–Crippen LogP) is 6.40. The molecule has 5 aromatic rings. The fraction of sp³-hybridized carbons (Fsp3) is 0.339. The molecule has 1 N–H and O–H groups in total. The molecule has 0 spiro atoms. The Bertz CT molecular complexity index is 2990. The Kier molecular flexibility index (Phi) is 24.1. The number of pyridine rings is 3. The van der Waals surface area contributed by atoms with Crippen LogP contribution in [0.3, 0.4) is 0 Å². The maximum atomic E-state index is 13.1. The number of amides is 8. The zero-order valence-electron chi connectivity index (χ0n) is 44.2. The summed E-state index contributed by atoms with van der Waals surface area (Å²) in [6, 6.07) is 27.8. The first-order valence-electron chi connectivity index (χ1n) is 24.3. The number of carbonyl (C=O) groups is 9. The van der Waals surface area contributed by atoms with Crippen LogP contribution in [0.1, 0.15) is 136 Å². The molecule has 78 heavy (non-hydrogen) atoms. The number of ether oxygens (including phenoxy) is 1. The molecule has 3 unspecified atom stereocenters. The molecule has 3 aromatic heterocycles. The van der Waals surface area contributed by atoms with Crippen LogP contribution in [-0.2, 0) is 76.8 Å². The molecule has 0 radical (unpaired) electrons. The molecule has 8 amide bonds. The van der Waals surface area contributed by atoms with Crippen LogP contribution in [0.5, 0.6) is 0 Å². The molecule has 3 aliphatic heterocycles. The smallest absolute Gasteiger partial charge is 0.324 e. The van der Waals surface area contributed by atoms with E-state index in [0.717, 1.165) is 11.1 Å². The number of likely N-dealkylation sites (N-methyl/N-ethyl adjacent to an activating group) is 2. The summed E-state index contributed by atoms with van der Waals surface area (Å²) in [7, 11) is 0. The van der Waals surface area contributed by atoms with Gasteiger partial charge in [0.15, 0.2) is 17.8 Å². The SMILES string of the molecule is C.CCN(CC)C(=O)C1C(=O)N(O)C(=O)c2ccc(C)nc21.CCN(CC)C(=O)C1C(=O)N(OCc2ccccc2)C(=O)c2ccc(C)nc21.CCOC(=O)C1C(=O)N(OCc2ccccc2)C(=O)c2ccc(C)nc21.[CH3-].[Pd]. The summed E-state index contributed by atoms with van der Waals surface area (Å²) in [5.74, 6) is -9.94. The van der Waals surface area contributed by atoms with Gasteiger partial charge in [-0.25, -0.2) is 0 Å². The molecule has 0 saturated heterocycles. The van der Waals surface area contributed by atoms with E-state index < -0.39 is 65.1 Å². The second-order valence-corrected chi connectivity index (χ2v) is 17.1. The number of fused-ring (bicyclic) bond motifs is 3. The maximum absolute atomic E-state index is 13.1. The van der Waals surface area contributed by atoms with Gasteiger partial charge in [0.1, 0.15) is 13.2 Å². The minimum atomic E-state index is -1.32. The summed E-state index contributed by atoms with van der Waals surface area (Å²) >= 11 is 0. The molecule has 22 heteroatoms. The monoisotopic (exact) mass is 1160 g/mol. The van der Waals surface area contributed by atoms with Crippen molar-refractivity contribution in [3.8, 4) is 0 Å². The maximum Gasteiger partial charge on any atom is 0.324 e. The number of esters is 1. The van der Waals surface area contributed by atoms with Crippen LogP contribution < -0.4 is 0 Å². The molecule has 418 valence electrons. The summed E-state index contributed by atoms with van der Waals surface area (Å²) < 4.78 is 5.00. The van der Waals surface area contributed by atoms with Crippen LogP contribution in [0.2, 0.25) is 0 Å². The van der Waals surface area contributed by atoms with Crippen molar-refractivity contribution in [2.45, 2.75) is 93.8 Å². The fourth-order valence-electron chi connectivity index (χ4n) is 8.26. The summed E-state index contributed by atoms with van der Waals surface area (Å²) in [5.41, 5.74) is 4.29. The Morgan fingerprint density at radius 1 is 0.513 bits per heavy atom. The summed E-state index contributed by atoms with van der Waals surface area (Å²) in [6.07, 6.45) is 0. The number of benzene rings is 2. The van der Waals surface area contributed by atoms with E-state index in [4.69, 9.17) is 14.4 Å². The molecule has 3 atom stereocenters. The van der Waals surface area contributed by atoms with Gasteiger partial charge in [-0.2, -0.15) is 5.06 Å². The first-order chi connectivity index (χ1) is 35.9. The van der Waals surface area contributed by atoms with E-state index in [2.05, 4.69) is 15.0 Å². The zero-order valence-corrected chi connectivity index (χ0v) is 45.7. The van der Waals surface area contributed by atoms with Crippen LogP contribution in [0.4, 0.5) is 0 Å². The first-order valence-corrected chi connectivity index (χ1v) is 24.3. The predicted molar refractivity (Wildman–Crippen MR) is 279 cm³/mol. The molecule has 3 aliphatic rings. The molecular formula is C56H65N8O13Pd-. The number of aromatic nitrogens is 3. The molecule has 8 rings (SSSR count). The second kappa shape index (κ2) is 29.1. The molecule has 0 saturated carbocycles. The van der Waals surface area contributed by atoms with Crippen molar-refractivity contribution < 1.29 is 83.2 Å².